The zero-order chi connectivity index (χ0) is 14.2. The van der Waals surface area contributed by atoms with Crippen LogP contribution >= 0.6 is 27.7 Å². The van der Waals surface area contributed by atoms with Crippen LogP contribution in [-0.2, 0) is 0 Å². The standard InChI is InChI=1S/C12H14BrN3O2S/c1-12(2,3)18-16-9-7(5-8(13)10(16)17)6-14-11(15-9)19-4/h5-6H,1-4H3. The molecule has 0 fully saturated rings. The predicted molar refractivity (Wildman–Crippen MR) is 79.6 cm³/mol. The Morgan fingerprint density at radius 3 is 2.68 bits per heavy atom. The first kappa shape index (κ1) is 14.3. The summed E-state index contributed by atoms with van der Waals surface area (Å²) < 4.78 is 1.64. The molecule has 2 aromatic rings. The molecule has 2 rings (SSSR count). The number of hydrogen-bond donors (Lipinski definition) is 0. The van der Waals surface area contributed by atoms with Crippen LogP contribution < -0.4 is 10.4 Å². The molecule has 0 N–H and O–H groups in total. The van der Waals surface area contributed by atoms with E-state index >= 15 is 0 Å². The summed E-state index contributed by atoms with van der Waals surface area (Å²) in [6.07, 6.45) is 3.56. The Balaban J connectivity index is 2.76. The van der Waals surface area contributed by atoms with E-state index in [1.165, 1.54) is 16.5 Å². The average molecular weight is 344 g/mol. The molecule has 0 bridgehead atoms. The number of thioether (sulfide) groups is 1. The van der Waals surface area contributed by atoms with E-state index < -0.39 is 5.60 Å². The molecule has 0 radical (unpaired) electrons. The lowest BCUT2D eigenvalue weighted by Gasteiger charge is -2.22. The highest BCUT2D eigenvalue weighted by Crippen LogP contribution is 2.18. The third-order valence-corrected chi connectivity index (χ3v) is 3.31. The minimum Gasteiger partial charge on any atom is -0.403 e. The summed E-state index contributed by atoms with van der Waals surface area (Å²) in [5.41, 5.74) is -0.294. The largest absolute Gasteiger partial charge is 0.403 e. The van der Waals surface area contributed by atoms with E-state index in [1.807, 2.05) is 27.0 Å². The number of fused-ring (bicyclic) bond motifs is 1. The van der Waals surface area contributed by atoms with Crippen molar-refractivity contribution in [3.05, 3.63) is 27.1 Å². The van der Waals surface area contributed by atoms with Gasteiger partial charge in [-0.05, 0) is 49.0 Å². The Labute approximate surface area is 123 Å². The van der Waals surface area contributed by atoms with Crippen molar-refractivity contribution < 1.29 is 4.84 Å². The summed E-state index contributed by atoms with van der Waals surface area (Å²) >= 11 is 4.65. The van der Waals surface area contributed by atoms with Gasteiger partial charge in [-0.15, -0.1) is 4.73 Å². The lowest BCUT2D eigenvalue weighted by atomic mass is 10.2. The molecule has 0 saturated carbocycles. The first-order valence-electron chi connectivity index (χ1n) is 5.63. The van der Waals surface area contributed by atoms with Gasteiger partial charge >= 0.3 is 0 Å². The van der Waals surface area contributed by atoms with Gasteiger partial charge in [-0.25, -0.2) is 9.97 Å². The Kier molecular flexibility index (Phi) is 3.87. The summed E-state index contributed by atoms with van der Waals surface area (Å²) in [5.74, 6) is 0. The molecule has 0 unspecified atom stereocenters. The Morgan fingerprint density at radius 2 is 2.11 bits per heavy atom. The van der Waals surface area contributed by atoms with Gasteiger partial charge < -0.3 is 4.84 Å². The van der Waals surface area contributed by atoms with E-state index in [0.29, 0.717) is 15.3 Å². The predicted octanol–water partition coefficient (Wildman–Crippen LogP) is 2.50. The van der Waals surface area contributed by atoms with Crippen LogP contribution in [0, 0.1) is 0 Å². The number of hydrogen-bond acceptors (Lipinski definition) is 5. The third kappa shape index (κ3) is 3.09. The quantitative estimate of drug-likeness (QED) is 0.619. The van der Waals surface area contributed by atoms with E-state index in [-0.39, 0.29) is 5.56 Å². The van der Waals surface area contributed by atoms with Gasteiger partial charge in [0.1, 0.15) is 5.60 Å². The highest BCUT2D eigenvalue weighted by molar-refractivity contribution is 9.10. The van der Waals surface area contributed by atoms with Crippen molar-refractivity contribution in [3.63, 3.8) is 0 Å². The van der Waals surface area contributed by atoms with E-state index in [1.54, 1.807) is 12.3 Å². The molecule has 2 aromatic heterocycles. The molecular formula is C12H14BrN3O2S. The monoisotopic (exact) mass is 343 g/mol. The number of nitrogens with zero attached hydrogens (tertiary/aromatic N) is 3. The van der Waals surface area contributed by atoms with Crippen molar-refractivity contribution in [2.75, 3.05) is 6.26 Å². The molecule has 0 saturated heterocycles. The molecule has 19 heavy (non-hydrogen) atoms. The van der Waals surface area contributed by atoms with Gasteiger partial charge in [0.2, 0.25) is 0 Å². The second kappa shape index (κ2) is 5.13. The molecule has 7 heteroatoms. The zero-order valence-electron chi connectivity index (χ0n) is 11.1. The SMILES string of the molecule is CSc1ncc2cc(Br)c(=O)n(OC(C)(C)C)c2n1. The van der Waals surface area contributed by atoms with Crippen molar-refractivity contribution in [1.82, 2.24) is 14.7 Å². The molecule has 5 nitrogen and oxygen atoms in total. The normalized spacial score (nSPS) is 11.8. The smallest absolute Gasteiger partial charge is 0.299 e. The summed E-state index contributed by atoms with van der Waals surface area (Å²) in [4.78, 5) is 26.4. The lowest BCUT2D eigenvalue weighted by molar-refractivity contribution is -0.0147. The number of rotatable bonds is 2. The van der Waals surface area contributed by atoms with Gasteiger partial charge in [-0.2, -0.15) is 0 Å². The maximum absolute atomic E-state index is 12.2. The topological polar surface area (TPSA) is 57.0 Å². The molecule has 0 aromatic carbocycles. The minimum atomic E-state index is -0.498. The van der Waals surface area contributed by atoms with Gasteiger partial charge in [-0.3, -0.25) is 4.79 Å². The van der Waals surface area contributed by atoms with E-state index in [9.17, 15) is 4.79 Å². The maximum atomic E-state index is 12.2. The molecule has 102 valence electrons. The van der Waals surface area contributed by atoms with Crippen LogP contribution in [0.25, 0.3) is 11.0 Å². The molecule has 0 aliphatic heterocycles. The fourth-order valence-electron chi connectivity index (χ4n) is 1.48. The van der Waals surface area contributed by atoms with E-state index in [0.717, 1.165) is 5.39 Å². The second-order valence-corrected chi connectivity index (χ2v) is 6.56. The molecule has 0 amide bonds. The van der Waals surface area contributed by atoms with Gasteiger partial charge in [0.25, 0.3) is 5.56 Å². The van der Waals surface area contributed by atoms with Crippen LogP contribution in [0.5, 0.6) is 0 Å². The summed E-state index contributed by atoms with van der Waals surface area (Å²) in [7, 11) is 0. The Bertz CT molecular complexity index is 679. The first-order chi connectivity index (χ1) is 8.81. The van der Waals surface area contributed by atoms with Gasteiger partial charge in [0.05, 0.1) is 4.47 Å². The van der Waals surface area contributed by atoms with Gasteiger partial charge in [-0.1, -0.05) is 11.8 Å². The van der Waals surface area contributed by atoms with Crippen LogP contribution in [0.1, 0.15) is 20.8 Å². The fraction of sp³-hybridized carbons (Fsp3) is 0.417. The number of pyridine rings is 1. The highest BCUT2D eigenvalue weighted by atomic mass is 79.9. The van der Waals surface area contributed by atoms with Crippen molar-refractivity contribution in [1.29, 1.82) is 0 Å². The number of aromatic nitrogens is 3. The van der Waals surface area contributed by atoms with Crippen LogP contribution in [-0.4, -0.2) is 26.6 Å². The zero-order valence-corrected chi connectivity index (χ0v) is 13.5. The molecule has 2 heterocycles. The average Bonchev–Trinajstić information content (AvgIpc) is 2.33. The Hall–Kier alpha value is -1.08. The van der Waals surface area contributed by atoms with Crippen LogP contribution in [0.4, 0.5) is 0 Å². The van der Waals surface area contributed by atoms with Crippen molar-refractivity contribution >= 4 is 38.7 Å². The van der Waals surface area contributed by atoms with Crippen molar-refractivity contribution in [2.45, 2.75) is 31.5 Å². The van der Waals surface area contributed by atoms with Crippen molar-refractivity contribution in [2.24, 2.45) is 0 Å². The molecular weight excluding hydrogens is 330 g/mol. The second-order valence-electron chi connectivity index (χ2n) is 4.93. The minimum absolute atomic E-state index is 0.270. The molecule has 0 atom stereocenters. The first-order valence-corrected chi connectivity index (χ1v) is 7.65. The lowest BCUT2D eigenvalue weighted by Crippen LogP contribution is -2.38. The summed E-state index contributed by atoms with van der Waals surface area (Å²) in [5, 5.41) is 1.34. The summed E-state index contributed by atoms with van der Waals surface area (Å²) in [6.45, 7) is 5.63. The molecule has 0 aliphatic rings. The molecule has 0 spiro atoms. The van der Waals surface area contributed by atoms with Crippen LogP contribution in [0.2, 0.25) is 0 Å². The summed E-state index contributed by atoms with van der Waals surface area (Å²) in [6, 6.07) is 1.70. The number of halogens is 1. The van der Waals surface area contributed by atoms with Crippen LogP contribution in [0.3, 0.4) is 0 Å². The third-order valence-electron chi connectivity index (χ3n) is 2.18. The Morgan fingerprint density at radius 1 is 1.42 bits per heavy atom. The fourth-order valence-corrected chi connectivity index (χ4v) is 2.22. The maximum Gasteiger partial charge on any atom is 0.299 e. The van der Waals surface area contributed by atoms with E-state index in [4.69, 9.17) is 4.84 Å². The van der Waals surface area contributed by atoms with E-state index in [2.05, 4.69) is 25.9 Å². The van der Waals surface area contributed by atoms with Gasteiger partial charge in [0.15, 0.2) is 10.8 Å². The van der Waals surface area contributed by atoms with Crippen LogP contribution in [0.15, 0.2) is 26.7 Å². The van der Waals surface area contributed by atoms with Crippen molar-refractivity contribution in [3.8, 4) is 0 Å². The molecule has 0 aliphatic carbocycles. The highest BCUT2D eigenvalue weighted by Gasteiger charge is 2.18. The van der Waals surface area contributed by atoms with Gasteiger partial charge in [0, 0.05) is 11.6 Å².